The molecule has 0 amide bonds. The van der Waals surface area contributed by atoms with Crippen molar-refractivity contribution in [1.29, 1.82) is 0 Å². The average Bonchev–Trinajstić information content (AvgIpc) is 2.54. The molecule has 1 aromatic rings. The number of aromatic nitrogens is 1. The highest BCUT2D eigenvalue weighted by Crippen LogP contribution is 2.45. The van der Waals surface area contributed by atoms with Crippen LogP contribution in [0.3, 0.4) is 0 Å². The molecule has 1 aromatic heterocycles. The Hall–Kier alpha value is -0.450. The van der Waals surface area contributed by atoms with E-state index in [4.69, 9.17) is 4.74 Å². The molecule has 78 valence electrons. The lowest BCUT2D eigenvalue weighted by Crippen LogP contribution is -2.36. The summed E-state index contributed by atoms with van der Waals surface area (Å²) in [6.07, 6.45) is 3.50. The van der Waals surface area contributed by atoms with Crippen LogP contribution in [-0.4, -0.2) is 19.1 Å². The molecule has 3 nitrogen and oxygen atoms in total. The zero-order valence-electron chi connectivity index (χ0n) is 8.67. The Labute approximate surface area is 88.5 Å². The number of thiazole rings is 1. The molecule has 2 rings (SSSR count). The fraction of sp³-hybridized carbons (Fsp3) is 0.700. The molecule has 1 N–H and O–H groups in total. The third-order valence-corrected chi connectivity index (χ3v) is 3.93. The number of nitrogens with one attached hydrogen (secondary N) is 1. The van der Waals surface area contributed by atoms with Crippen LogP contribution in [0.2, 0.25) is 0 Å². The second-order valence-corrected chi connectivity index (χ2v) is 4.58. The molecule has 0 aromatic carbocycles. The Bertz CT molecular complexity index is 301. The van der Waals surface area contributed by atoms with E-state index in [1.165, 1.54) is 6.42 Å². The molecule has 1 aliphatic rings. The number of nitrogens with zero attached hydrogens (tertiary/aromatic N) is 1. The van der Waals surface area contributed by atoms with Crippen LogP contribution in [0.15, 0.2) is 5.38 Å². The maximum absolute atomic E-state index is 5.58. The van der Waals surface area contributed by atoms with Crippen LogP contribution in [0.5, 0.6) is 0 Å². The topological polar surface area (TPSA) is 34.1 Å². The van der Waals surface area contributed by atoms with Crippen molar-refractivity contribution in [2.45, 2.75) is 31.4 Å². The molecule has 0 saturated heterocycles. The maximum atomic E-state index is 5.58. The lowest BCUT2D eigenvalue weighted by atomic mass is 9.80. The first-order valence-corrected chi connectivity index (χ1v) is 5.83. The summed E-state index contributed by atoms with van der Waals surface area (Å²) >= 11 is 1.72. The predicted octanol–water partition coefficient (Wildman–Crippen LogP) is 1.89. The van der Waals surface area contributed by atoms with Gasteiger partial charge >= 0.3 is 0 Å². The second-order valence-electron chi connectivity index (χ2n) is 3.73. The molecule has 0 atom stereocenters. The number of methoxy groups -OCH3 is 1. The van der Waals surface area contributed by atoms with Crippen LogP contribution in [0.25, 0.3) is 0 Å². The van der Waals surface area contributed by atoms with Crippen LogP contribution in [0, 0.1) is 0 Å². The van der Waals surface area contributed by atoms with Crippen molar-refractivity contribution in [3.05, 3.63) is 16.1 Å². The molecule has 1 fully saturated rings. The van der Waals surface area contributed by atoms with Crippen LogP contribution in [0.1, 0.15) is 30.0 Å². The van der Waals surface area contributed by atoms with Crippen molar-refractivity contribution in [3.63, 3.8) is 0 Å². The van der Waals surface area contributed by atoms with Gasteiger partial charge in [-0.2, -0.15) is 0 Å². The Balaban J connectivity index is 2.15. The molecule has 0 radical (unpaired) electrons. The summed E-state index contributed by atoms with van der Waals surface area (Å²) in [6.45, 7) is 0.844. The third kappa shape index (κ3) is 1.58. The third-order valence-electron chi connectivity index (χ3n) is 2.85. The van der Waals surface area contributed by atoms with Crippen molar-refractivity contribution in [3.8, 4) is 0 Å². The highest BCUT2D eigenvalue weighted by Gasteiger charge is 2.41. The van der Waals surface area contributed by atoms with E-state index < -0.39 is 0 Å². The lowest BCUT2D eigenvalue weighted by Gasteiger charge is -2.38. The largest absolute Gasteiger partial charge is 0.371 e. The normalized spacial score (nSPS) is 19.3. The van der Waals surface area contributed by atoms with E-state index in [2.05, 4.69) is 15.7 Å². The van der Waals surface area contributed by atoms with Crippen LogP contribution in [0.4, 0.5) is 0 Å². The molecule has 0 aliphatic heterocycles. The van der Waals surface area contributed by atoms with Gasteiger partial charge < -0.3 is 10.1 Å². The summed E-state index contributed by atoms with van der Waals surface area (Å²) < 4.78 is 5.58. The Kier molecular flexibility index (Phi) is 2.85. The summed E-state index contributed by atoms with van der Waals surface area (Å²) in [5.74, 6) is 0. The van der Waals surface area contributed by atoms with Crippen LogP contribution < -0.4 is 5.32 Å². The zero-order chi connectivity index (χ0) is 10.0. The number of hydrogen-bond acceptors (Lipinski definition) is 4. The van der Waals surface area contributed by atoms with Gasteiger partial charge in [-0.1, -0.05) is 0 Å². The molecule has 14 heavy (non-hydrogen) atoms. The predicted molar refractivity (Wildman–Crippen MR) is 57.4 cm³/mol. The fourth-order valence-corrected chi connectivity index (χ4v) is 2.84. The number of rotatable bonds is 4. The van der Waals surface area contributed by atoms with Gasteiger partial charge in [-0.25, -0.2) is 4.98 Å². The van der Waals surface area contributed by atoms with Crippen molar-refractivity contribution in [2.75, 3.05) is 14.2 Å². The first-order chi connectivity index (χ1) is 6.80. The van der Waals surface area contributed by atoms with E-state index in [1.807, 2.05) is 7.05 Å². The number of ether oxygens (including phenoxy) is 1. The first kappa shape index (κ1) is 10.1. The van der Waals surface area contributed by atoms with Gasteiger partial charge in [-0.15, -0.1) is 11.3 Å². The van der Waals surface area contributed by atoms with E-state index in [-0.39, 0.29) is 5.60 Å². The summed E-state index contributed by atoms with van der Waals surface area (Å²) in [5, 5.41) is 6.37. The maximum Gasteiger partial charge on any atom is 0.125 e. The molecular formula is C10H16N2OS. The quantitative estimate of drug-likeness (QED) is 0.827. The summed E-state index contributed by atoms with van der Waals surface area (Å²) in [6, 6.07) is 0. The van der Waals surface area contributed by atoms with Crippen molar-refractivity contribution < 1.29 is 4.74 Å². The van der Waals surface area contributed by atoms with E-state index in [0.29, 0.717) is 0 Å². The minimum absolute atomic E-state index is 0.0450. The molecule has 4 heteroatoms. The first-order valence-electron chi connectivity index (χ1n) is 4.95. The highest BCUT2D eigenvalue weighted by molar-refractivity contribution is 7.09. The van der Waals surface area contributed by atoms with Gasteiger partial charge in [0.1, 0.15) is 10.6 Å². The minimum atomic E-state index is -0.0450. The Morgan fingerprint density at radius 1 is 1.64 bits per heavy atom. The van der Waals surface area contributed by atoms with Crippen LogP contribution in [-0.2, 0) is 16.9 Å². The van der Waals surface area contributed by atoms with Gasteiger partial charge in [0, 0.05) is 19.0 Å². The van der Waals surface area contributed by atoms with Gasteiger partial charge in [0.2, 0.25) is 0 Å². The molecule has 1 saturated carbocycles. The van der Waals surface area contributed by atoms with Crippen LogP contribution >= 0.6 is 11.3 Å². The Morgan fingerprint density at radius 2 is 2.43 bits per heavy atom. The Morgan fingerprint density at radius 3 is 2.93 bits per heavy atom. The van der Waals surface area contributed by atoms with Crippen molar-refractivity contribution in [2.24, 2.45) is 0 Å². The average molecular weight is 212 g/mol. The van der Waals surface area contributed by atoms with E-state index in [9.17, 15) is 0 Å². The number of hydrogen-bond donors (Lipinski definition) is 1. The summed E-state index contributed by atoms with van der Waals surface area (Å²) in [4.78, 5) is 4.60. The second kappa shape index (κ2) is 3.96. The SMILES string of the molecule is CNCc1csc(C2(OC)CCC2)n1. The standard InChI is InChI=1S/C10H16N2OS/c1-11-6-8-7-14-9(12-8)10(13-2)4-3-5-10/h7,11H,3-6H2,1-2H3. The van der Waals surface area contributed by atoms with Crippen molar-refractivity contribution >= 4 is 11.3 Å². The van der Waals surface area contributed by atoms with Gasteiger partial charge in [0.25, 0.3) is 0 Å². The molecule has 1 heterocycles. The fourth-order valence-electron chi connectivity index (χ4n) is 1.78. The molecule has 0 bridgehead atoms. The van der Waals surface area contributed by atoms with E-state index in [1.54, 1.807) is 18.4 Å². The zero-order valence-corrected chi connectivity index (χ0v) is 9.49. The minimum Gasteiger partial charge on any atom is -0.371 e. The van der Waals surface area contributed by atoms with Gasteiger partial charge in [0.05, 0.1) is 5.69 Å². The van der Waals surface area contributed by atoms with Gasteiger partial charge in [0.15, 0.2) is 0 Å². The molecule has 0 unspecified atom stereocenters. The lowest BCUT2D eigenvalue weighted by molar-refractivity contribution is -0.0780. The molecule has 1 aliphatic carbocycles. The van der Waals surface area contributed by atoms with Gasteiger partial charge in [-0.3, -0.25) is 0 Å². The monoisotopic (exact) mass is 212 g/mol. The van der Waals surface area contributed by atoms with Crippen molar-refractivity contribution in [1.82, 2.24) is 10.3 Å². The smallest absolute Gasteiger partial charge is 0.125 e. The highest BCUT2D eigenvalue weighted by atomic mass is 32.1. The van der Waals surface area contributed by atoms with Gasteiger partial charge in [-0.05, 0) is 26.3 Å². The molecule has 0 spiro atoms. The molecular weight excluding hydrogens is 196 g/mol. The summed E-state index contributed by atoms with van der Waals surface area (Å²) in [7, 11) is 3.73. The van der Waals surface area contributed by atoms with E-state index >= 15 is 0 Å². The summed E-state index contributed by atoms with van der Waals surface area (Å²) in [5.41, 5.74) is 1.08. The van der Waals surface area contributed by atoms with E-state index in [0.717, 1.165) is 30.1 Å².